The standard InChI is InChI=1S/C20H24N6O3S/c1-4-10-26-15(11-13-8-6-5-7-9-13)22-23-19(26)30-12-14(27)16-17(21)24(2)20(29)25(3)18(16)28/h5-9H,4,10-12,21H2,1-3H3. The van der Waals surface area contributed by atoms with Crippen LogP contribution in [0.5, 0.6) is 0 Å². The van der Waals surface area contributed by atoms with E-state index in [4.69, 9.17) is 5.73 Å². The Morgan fingerprint density at radius 1 is 1.10 bits per heavy atom. The topological polar surface area (TPSA) is 118 Å². The van der Waals surface area contributed by atoms with Crippen LogP contribution >= 0.6 is 11.8 Å². The highest BCUT2D eigenvalue weighted by molar-refractivity contribution is 7.99. The fourth-order valence-corrected chi connectivity index (χ4v) is 3.96. The molecule has 0 bridgehead atoms. The molecular formula is C20H24N6O3S. The molecule has 1 aromatic carbocycles. The molecule has 0 amide bonds. The van der Waals surface area contributed by atoms with Crippen LogP contribution in [0.4, 0.5) is 5.82 Å². The summed E-state index contributed by atoms with van der Waals surface area (Å²) in [6.07, 6.45) is 1.52. The number of thioether (sulfide) groups is 1. The number of aromatic nitrogens is 5. The molecule has 10 heteroatoms. The third-order valence-electron chi connectivity index (χ3n) is 4.77. The van der Waals surface area contributed by atoms with Gasteiger partial charge >= 0.3 is 5.69 Å². The predicted octanol–water partition coefficient (Wildman–Crippen LogP) is 1.23. The number of benzene rings is 1. The number of carbonyl (C=O) groups excluding carboxylic acids is 1. The van der Waals surface area contributed by atoms with Gasteiger partial charge in [-0.15, -0.1) is 10.2 Å². The van der Waals surface area contributed by atoms with Crippen molar-refractivity contribution in [2.24, 2.45) is 14.1 Å². The van der Waals surface area contributed by atoms with Gasteiger partial charge in [-0.25, -0.2) is 4.79 Å². The van der Waals surface area contributed by atoms with Crippen LogP contribution in [0.15, 0.2) is 45.1 Å². The van der Waals surface area contributed by atoms with Gasteiger partial charge in [0.05, 0.1) is 5.75 Å². The molecule has 0 spiro atoms. The molecule has 158 valence electrons. The van der Waals surface area contributed by atoms with Gasteiger partial charge in [0.25, 0.3) is 5.56 Å². The Morgan fingerprint density at radius 2 is 1.80 bits per heavy atom. The molecule has 0 radical (unpaired) electrons. The predicted molar refractivity (Wildman–Crippen MR) is 116 cm³/mol. The second-order valence-corrected chi connectivity index (χ2v) is 7.83. The molecule has 0 atom stereocenters. The first-order valence-corrected chi connectivity index (χ1v) is 10.5. The quantitative estimate of drug-likeness (QED) is 0.423. The molecule has 2 heterocycles. The highest BCUT2D eigenvalue weighted by Crippen LogP contribution is 2.21. The van der Waals surface area contributed by atoms with E-state index in [-0.39, 0.29) is 17.1 Å². The van der Waals surface area contributed by atoms with Crippen molar-refractivity contribution >= 4 is 23.4 Å². The summed E-state index contributed by atoms with van der Waals surface area (Å²) in [7, 11) is 2.75. The molecule has 9 nitrogen and oxygen atoms in total. The van der Waals surface area contributed by atoms with Crippen molar-refractivity contribution in [3.05, 3.63) is 68.1 Å². The van der Waals surface area contributed by atoms with E-state index in [0.717, 1.165) is 33.5 Å². The second-order valence-electron chi connectivity index (χ2n) is 6.89. The molecule has 0 unspecified atom stereocenters. The number of rotatable bonds is 8. The van der Waals surface area contributed by atoms with Crippen molar-refractivity contribution < 1.29 is 4.79 Å². The number of carbonyl (C=O) groups is 1. The summed E-state index contributed by atoms with van der Waals surface area (Å²) in [5.74, 6) is 0.193. The Bertz CT molecular complexity index is 1180. The Hall–Kier alpha value is -3.14. The highest BCUT2D eigenvalue weighted by Gasteiger charge is 2.21. The molecule has 0 saturated carbocycles. The molecule has 2 N–H and O–H groups in total. The van der Waals surface area contributed by atoms with Crippen LogP contribution in [-0.2, 0) is 27.1 Å². The van der Waals surface area contributed by atoms with E-state index in [1.54, 1.807) is 0 Å². The van der Waals surface area contributed by atoms with E-state index in [0.29, 0.717) is 11.6 Å². The number of nitrogen functional groups attached to an aromatic ring is 1. The van der Waals surface area contributed by atoms with E-state index >= 15 is 0 Å². The molecule has 30 heavy (non-hydrogen) atoms. The van der Waals surface area contributed by atoms with Crippen LogP contribution in [0.2, 0.25) is 0 Å². The SMILES string of the molecule is CCCn1c(Cc2ccccc2)nnc1SCC(=O)c1c(N)n(C)c(=O)n(C)c1=O. The lowest BCUT2D eigenvalue weighted by molar-refractivity contribution is 0.102. The zero-order valence-corrected chi connectivity index (χ0v) is 18.0. The maximum atomic E-state index is 12.8. The number of anilines is 1. The van der Waals surface area contributed by atoms with Crippen LogP contribution in [0.3, 0.4) is 0 Å². The third kappa shape index (κ3) is 4.23. The average Bonchev–Trinajstić information content (AvgIpc) is 3.11. The molecule has 0 aliphatic rings. The van der Waals surface area contributed by atoms with Crippen molar-refractivity contribution in [3.8, 4) is 0 Å². The molecular weight excluding hydrogens is 404 g/mol. The Labute approximate surface area is 177 Å². The lowest BCUT2D eigenvalue weighted by atomic mass is 10.1. The molecule has 0 fully saturated rings. The summed E-state index contributed by atoms with van der Waals surface area (Å²) >= 11 is 1.20. The minimum absolute atomic E-state index is 0.0369. The van der Waals surface area contributed by atoms with Crippen LogP contribution in [-0.4, -0.2) is 35.4 Å². The van der Waals surface area contributed by atoms with Crippen LogP contribution < -0.4 is 17.0 Å². The van der Waals surface area contributed by atoms with Gasteiger partial charge in [0, 0.05) is 27.1 Å². The largest absolute Gasteiger partial charge is 0.384 e. The van der Waals surface area contributed by atoms with Gasteiger partial charge in [-0.2, -0.15) is 0 Å². The maximum Gasteiger partial charge on any atom is 0.332 e. The smallest absolute Gasteiger partial charge is 0.332 e. The van der Waals surface area contributed by atoms with Crippen LogP contribution in [0.1, 0.15) is 35.1 Å². The van der Waals surface area contributed by atoms with Crippen molar-refractivity contribution in [1.82, 2.24) is 23.9 Å². The molecule has 0 aliphatic carbocycles. The lowest BCUT2D eigenvalue weighted by Crippen LogP contribution is -2.41. The minimum atomic E-state index is -0.694. The van der Waals surface area contributed by atoms with Gasteiger partial charge in [0.15, 0.2) is 10.9 Å². The lowest BCUT2D eigenvalue weighted by Gasteiger charge is -2.11. The Kier molecular flexibility index (Phi) is 6.56. The molecule has 0 saturated heterocycles. The van der Waals surface area contributed by atoms with Crippen molar-refractivity contribution in [2.75, 3.05) is 11.5 Å². The van der Waals surface area contributed by atoms with Crippen LogP contribution in [0, 0.1) is 0 Å². The van der Waals surface area contributed by atoms with Crippen molar-refractivity contribution in [1.29, 1.82) is 0 Å². The van der Waals surface area contributed by atoms with E-state index in [2.05, 4.69) is 17.1 Å². The van der Waals surface area contributed by atoms with E-state index < -0.39 is 17.0 Å². The van der Waals surface area contributed by atoms with Gasteiger partial charge in [0.2, 0.25) is 0 Å². The molecule has 0 aliphatic heterocycles. The number of hydrogen-bond acceptors (Lipinski definition) is 7. The fraction of sp³-hybridized carbons (Fsp3) is 0.350. The summed E-state index contributed by atoms with van der Waals surface area (Å²) < 4.78 is 3.97. The average molecular weight is 429 g/mol. The first-order valence-electron chi connectivity index (χ1n) is 9.52. The fourth-order valence-electron chi connectivity index (χ4n) is 3.11. The number of ketones is 1. The summed E-state index contributed by atoms with van der Waals surface area (Å²) in [5, 5.41) is 9.15. The molecule has 2 aromatic heterocycles. The van der Waals surface area contributed by atoms with E-state index in [1.165, 1.54) is 25.9 Å². The van der Waals surface area contributed by atoms with Gasteiger partial charge in [-0.1, -0.05) is 49.0 Å². The number of hydrogen-bond donors (Lipinski definition) is 1. The van der Waals surface area contributed by atoms with Gasteiger partial charge < -0.3 is 10.3 Å². The first kappa shape index (κ1) is 21.6. The summed E-state index contributed by atoms with van der Waals surface area (Å²) in [6, 6.07) is 9.96. The van der Waals surface area contributed by atoms with Crippen LogP contribution in [0.25, 0.3) is 0 Å². The van der Waals surface area contributed by atoms with E-state index in [9.17, 15) is 14.4 Å². The molecule has 3 rings (SSSR count). The minimum Gasteiger partial charge on any atom is -0.384 e. The highest BCUT2D eigenvalue weighted by atomic mass is 32.2. The zero-order chi connectivity index (χ0) is 21.8. The first-order chi connectivity index (χ1) is 14.3. The van der Waals surface area contributed by atoms with E-state index in [1.807, 2.05) is 34.9 Å². The van der Waals surface area contributed by atoms with Gasteiger partial charge in [-0.05, 0) is 12.0 Å². The Morgan fingerprint density at radius 3 is 2.47 bits per heavy atom. The summed E-state index contributed by atoms with van der Waals surface area (Å²) in [5.41, 5.74) is 5.55. The number of Topliss-reactive ketones (excluding diaryl/α,β-unsaturated/α-hetero) is 1. The Balaban J connectivity index is 1.83. The molecule has 3 aromatic rings. The third-order valence-corrected chi connectivity index (χ3v) is 5.73. The second kappa shape index (κ2) is 9.12. The summed E-state index contributed by atoms with van der Waals surface area (Å²) in [4.78, 5) is 37.1. The van der Waals surface area contributed by atoms with Gasteiger partial charge in [-0.3, -0.25) is 18.7 Å². The normalized spacial score (nSPS) is 11.0. The van der Waals surface area contributed by atoms with Crippen molar-refractivity contribution in [2.45, 2.75) is 31.5 Å². The van der Waals surface area contributed by atoms with Gasteiger partial charge in [0.1, 0.15) is 17.2 Å². The number of nitrogens with zero attached hydrogens (tertiary/aromatic N) is 5. The monoisotopic (exact) mass is 428 g/mol. The summed E-state index contributed by atoms with van der Waals surface area (Å²) in [6.45, 7) is 2.77. The van der Waals surface area contributed by atoms with Crippen molar-refractivity contribution in [3.63, 3.8) is 0 Å². The maximum absolute atomic E-state index is 12.8. The number of nitrogens with two attached hydrogens (primary N) is 1. The zero-order valence-electron chi connectivity index (χ0n) is 17.2.